The van der Waals surface area contributed by atoms with E-state index in [-0.39, 0.29) is 12.0 Å². The summed E-state index contributed by atoms with van der Waals surface area (Å²) in [6, 6.07) is 0.119. The Labute approximate surface area is 101 Å². The number of alkyl halides is 1. The number of halogens is 1. The van der Waals surface area contributed by atoms with E-state index < -0.39 is 11.6 Å². The Balaban J connectivity index is 1.90. The van der Waals surface area contributed by atoms with Crippen molar-refractivity contribution in [2.45, 2.75) is 31.5 Å². The van der Waals surface area contributed by atoms with E-state index >= 15 is 0 Å². The molecule has 1 fully saturated rings. The number of hydrogen-bond donors (Lipinski definition) is 1. The van der Waals surface area contributed by atoms with Gasteiger partial charge in [-0.25, -0.2) is 4.39 Å². The van der Waals surface area contributed by atoms with Crippen molar-refractivity contribution in [3.05, 3.63) is 24.3 Å². The molecule has 0 aromatic carbocycles. The normalized spacial score (nSPS) is 35.1. The molecule has 0 radical (unpaired) electrons. The number of allylic oxidation sites excluding steroid dienone is 2. The maximum atomic E-state index is 13.5. The number of carbonyl (C=O) groups is 1. The number of rotatable bonds is 2. The Morgan fingerprint density at radius 2 is 1.88 bits per heavy atom. The Hall–Kier alpha value is -1.16. The van der Waals surface area contributed by atoms with Crippen LogP contribution in [-0.4, -0.2) is 40.8 Å². The number of hydrogen-bond acceptors (Lipinski definition) is 2. The molecule has 2 aliphatic rings. The molecule has 0 atom stereocenters. The van der Waals surface area contributed by atoms with Crippen LogP contribution in [0, 0.1) is 5.92 Å². The molecule has 1 aliphatic heterocycles. The van der Waals surface area contributed by atoms with Crippen molar-refractivity contribution in [1.82, 2.24) is 4.90 Å². The maximum absolute atomic E-state index is 13.5. The quantitative estimate of drug-likeness (QED) is 0.749. The number of aliphatic carboxylic acids is 1. The lowest BCUT2D eigenvalue weighted by atomic mass is 9.93. The largest absolute Gasteiger partial charge is 0.481 e. The van der Waals surface area contributed by atoms with Gasteiger partial charge < -0.3 is 5.11 Å². The summed E-state index contributed by atoms with van der Waals surface area (Å²) in [5.74, 6) is -0.912. The van der Waals surface area contributed by atoms with Gasteiger partial charge in [0, 0.05) is 6.04 Å². The zero-order chi connectivity index (χ0) is 12.5. The third-order valence-electron chi connectivity index (χ3n) is 3.54. The molecule has 94 valence electrons. The molecule has 3 nitrogen and oxygen atoms in total. The summed E-state index contributed by atoms with van der Waals surface area (Å²) >= 11 is 0. The van der Waals surface area contributed by atoms with Gasteiger partial charge in [-0.2, -0.15) is 0 Å². The Morgan fingerprint density at radius 3 is 2.35 bits per heavy atom. The van der Waals surface area contributed by atoms with E-state index in [0.29, 0.717) is 12.8 Å². The summed E-state index contributed by atoms with van der Waals surface area (Å²) < 4.78 is 13.5. The topological polar surface area (TPSA) is 40.5 Å². The molecule has 0 unspecified atom stereocenters. The molecule has 0 aromatic heterocycles. The summed E-state index contributed by atoms with van der Waals surface area (Å²) in [7, 11) is 0. The molecule has 4 heteroatoms. The first-order valence-electron chi connectivity index (χ1n) is 6.02. The molecule has 1 N–H and O–H groups in total. The van der Waals surface area contributed by atoms with Gasteiger partial charge in [0.05, 0.1) is 5.92 Å². The van der Waals surface area contributed by atoms with Crippen LogP contribution >= 0.6 is 0 Å². The van der Waals surface area contributed by atoms with Crippen molar-refractivity contribution in [1.29, 1.82) is 0 Å². The molecule has 0 saturated carbocycles. The van der Waals surface area contributed by atoms with Gasteiger partial charge in [0.15, 0.2) is 0 Å². The van der Waals surface area contributed by atoms with Crippen LogP contribution in [0.3, 0.4) is 0 Å². The first-order valence-corrected chi connectivity index (χ1v) is 6.02. The second kappa shape index (κ2) is 4.61. The Bertz CT molecular complexity index is 338. The van der Waals surface area contributed by atoms with Crippen molar-refractivity contribution < 1.29 is 14.3 Å². The highest BCUT2D eigenvalue weighted by molar-refractivity contribution is 5.70. The van der Waals surface area contributed by atoms with E-state index in [1.165, 1.54) is 6.92 Å². The predicted octanol–water partition coefficient (Wildman–Crippen LogP) is 2.01. The number of likely N-dealkylation sites (tertiary alicyclic amines) is 1. The molecule has 0 aromatic rings. The summed E-state index contributed by atoms with van der Waals surface area (Å²) in [5.41, 5.74) is -1.34. The third kappa shape index (κ3) is 2.94. The Kier molecular flexibility index (Phi) is 3.33. The van der Waals surface area contributed by atoms with Crippen molar-refractivity contribution >= 4 is 5.97 Å². The lowest BCUT2D eigenvalue weighted by Gasteiger charge is -2.35. The molecule has 1 heterocycles. The molecular weight excluding hydrogens is 221 g/mol. The summed E-state index contributed by atoms with van der Waals surface area (Å²) in [5, 5.41) is 8.91. The van der Waals surface area contributed by atoms with Crippen LogP contribution in [-0.2, 0) is 4.79 Å². The minimum Gasteiger partial charge on any atom is -0.481 e. The molecule has 0 amide bonds. The molecular formula is C13H18FNO2. The van der Waals surface area contributed by atoms with Gasteiger partial charge in [-0.1, -0.05) is 12.2 Å². The fourth-order valence-corrected chi connectivity index (χ4v) is 2.38. The average Bonchev–Trinajstić information content (AvgIpc) is 2.29. The molecule has 1 aliphatic carbocycles. The molecule has 2 rings (SSSR count). The second-order valence-corrected chi connectivity index (χ2v) is 5.01. The maximum Gasteiger partial charge on any atom is 0.306 e. The fraction of sp³-hybridized carbons (Fsp3) is 0.615. The van der Waals surface area contributed by atoms with Crippen molar-refractivity contribution in [2.24, 2.45) is 5.92 Å². The number of carboxylic acids is 1. The van der Waals surface area contributed by atoms with E-state index in [4.69, 9.17) is 5.11 Å². The zero-order valence-electron chi connectivity index (χ0n) is 9.97. The highest BCUT2D eigenvalue weighted by Gasteiger charge is 2.28. The first kappa shape index (κ1) is 12.3. The highest BCUT2D eigenvalue weighted by atomic mass is 19.1. The third-order valence-corrected chi connectivity index (χ3v) is 3.54. The SMILES string of the molecule is CC1(F)C=CC(N2CCC(C(=O)O)CC2)C=C1. The average molecular weight is 239 g/mol. The van der Waals surface area contributed by atoms with E-state index in [2.05, 4.69) is 4.90 Å². The standard InChI is InChI=1S/C13H18FNO2/c1-13(14)6-2-11(3-7-13)15-8-4-10(5-9-15)12(16)17/h2-3,6-7,10-11H,4-5,8-9H2,1H3,(H,16,17). The van der Waals surface area contributed by atoms with E-state index in [9.17, 15) is 9.18 Å². The zero-order valence-corrected chi connectivity index (χ0v) is 9.97. The van der Waals surface area contributed by atoms with Crippen LogP contribution in [0.15, 0.2) is 24.3 Å². The second-order valence-electron chi connectivity index (χ2n) is 5.01. The van der Waals surface area contributed by atoms with Gasteiger partial charge in [0.2, 0.25) is 0 Å². The van der Waals surface area contributed by atoms with E-state index in [0.717, 1.165) is 13.1 Å². The number of piperidine rings is 1. The van der Waals surface area contributed by atoms with E-state index in [1.807, 2.05) is 12.2 Å². The van der Waals surface area contributed by atoms with Crippen LogP contribution in [0.1, 0.15) is 19.8 Å². The summed E-state index contributed by atoms with van der Waals surface area (Å²) in [4.78, 5) is 13.0. The number of nitrogens with zero attached hydrogens (tertiary/aromatic N) is 1. The van der Waals surface area contributed by atoms with Crippen LogP contribution in [0.4, 0.5) is 4.39 Å². The lowest BCUT2D eigenvalue weighted by Crippen LogP contribution is -2.42. The smallest absolute Gasteiger partial charge is 0.306 e. The molecule has 17 heavy (non-hydrogen) atoms. The van der Waals surface area contributed by atoms with Crippen molar-refractivity contribution in [3.8, 4) is 0 Å². The minimum atomic E-state index is -1.34. The van der Waals surface area contributed by atoms with Gasteiger partial charge in [0.25, 0.3) is 0 Å². The van der Waals surface area contributed by atoms with Crippen LogP contribution in [0.2, 0.25) is 0 Å². The number of carboxylic acid groups (broad SMARTS) is 1. The van der Waals surface area contributed by atoms with Gasteiger partial charge >= 0.3 is 5.97 Å². The Morgan fingerprint density at radius 1 is 1.35 bits per heavy atom. The van der Waals surface area contributed by atoms with Crippen molar-refractivity contribution in [3.63, 3.8) is 0 Å². The van der Waals surface area contributed by atoms with Crippen LogP contribution in [0.25, 0.3) is 0 Å². The van der Waals surface area contributed by atoms with Gasteiger partial charge in [0.1, 0.15) is 5.67 Å². The minimum absolute atomic E-state index is 0.119. The monoisotopic (exact) mass is 239 g/mol. The molecule has 0 spiro atoms. The first-order chi connectivity index (χ1) is 7.98. The van der Waals surface area contributed by atoms with Gasteiger partial charge in [-0.05, 0) is 45.0 Å². The van der Waals surface area contributed by atoms with Crippen LogP contribution < -0.4 is 0 Å². The van der Waals surface area contributed by atoms with Crippen molar-refractivity contribution in [2.75, 3.05) is 13.1 Å². The predicted molar refractivity (Wildman–Crippen MR) is 63.5 cm³/mol. The van der Waals surface area contributed by atoms with Gasteiger partial charge in [-0.3, -0.25) is 9.69 Å². The summed E-state index contributed by atoms with van der Waals surface area (Å²) in [6.07, 6.45) is 8.23. The van der Waals surface area contributed by atoms with Crippen LogP contribution in [0.5, 0.6) is 0 Å². The summed E-state index contributed by atoms with van der Waals surface area (Å²) in [6.45, 7) is 3.05. The fourth-order valence-electron chi connectivity index (χ4n) is 2.38. The molecule has 1 saturated heterocycles. The lowest BCUT2D eigenvalue weighted by molar-refractivity contribution is -0.143. The van der Waals surface area contributed by atoms with E-state index in [1.54, 1.807) is 12.2 Å². The highest BCUT2D eigenvalue weighted by Crippen LogP contribution is 2.25. The van der Waals surface area contributed by atoms with Gasteiger partial charge in [-0.15, -0.1) is 0 Å². The molecule has 0 bridgehead atoms.